The van der Waals surface area contributed by atoms with Crippen LogP contribution in [0.5, 0.6) is 11.5 Å². The van der Waals surface area contributed by atoms with Gasteiger partial charge in [0.05, 0.1) is 17.3 Å². The van der Waals surface area contributed by atoms with E-state index in [0.29, 0.717) is 0 Å². The Hall–Kier alpha value is -1.85. The smallest absolute Gasteiger partial charge is 0.133 e. The molecule has 0 aliphatic carbocycles. The molecule has 5 heteroatoms. The summed E-state index contributed by atoms with van der Waals surface area (Å²) in [5, 5.41) is 12.3. The fourth-order valence-electron chi connectivity index (χ4n) is 1.97. The Bertz CT molecular complexity index is 768. The van der Waals surface area contributed by atoms with Crippen molar-refractivity contribution in [2.45, 2.75) is 0 Å². The zero-order valence-electron chi connectivity index (χ0n) is 11.2. The van der Waals surface area contributed by atoms with Gasteiger partial charge in [0.25, 0.3) is 0 Å². The number of phenols is 1. The number of rotatable bonds is 3. The first-order chi connectivity index (χ1) is 10.2. The van der Waals surface area contributed by atoms with Crippen LogP contribution < -0.4 is 4.74 Å². The van der Waals surface area contributed by atoms with Crippen LogP contribution in [0.3, 0.4) is 0 Å². The standard InChI is InChI=1S/C16H12BrNO2S/c1-20-15-7-4-11(8-13(15)17)14-9-21-16(18-14)10-2-5-12(19)6-3-10/h2-9,19H,1H3. The molecule has 3 aromatic rings. The molecular formula is C16H12BrNO2S. The summed E-state index contributed by atoms with van der Waals surface area (Å²) in [5.41, 5.74) is 2.95. The number of benzene rings is 2. The van der Waals surface area contributed by atoms with Crippen LogP contribution in [0.2, 0.25) is 0 Å². The summed E-state index contributed by atoms with van der Waals surface area (Å²) in [5.74, 6) is 1.06. The van der Waals surface area contributed by atoms with E-state index in [1.54, 1.807) is 30.6 Å². The number of ether oxygens (including phenoxy) is 1. The van der Waals surface area contributed by atoms with Gasteiger partial charge in [-0.2, -0.15) is 0 Å². The summed E-state index contributed by atoms with van der Waals surface area (Å²) < 4.78 is 6.14. The van der Waals surface area contributed by atoms with Gasteiger partial charge in [-0.1, -0.05) is 0 Å². The van der Waals surface area contributed by atoms with E-state index in [9.17, 15) is 5.11 Å². The maximum absolute atomic E-state index is 9.33. The highest BCUT2D eigenvalue weighted by molar-refractivity contribution is 9.10. The molecule has 1 aromatic heterocycles. The molecule has 0 aliphatic rings. The van der Waals surface area contributed by atoms with Crippen LogP contribution in [-0.4, -0.2) is 17.2 Å². The SMILES string of the molecule is COc1ccc(-c2csc(-c3ccc(O)cc3)n2)cc1Br. The van der Waals surface area contributed by atoms with Crippen molar-refractivity contribution in [3.8, 4) is 33.3 Å². The topological polar surface area (TPSA) is 42.4 Å². The van der Waals surface area contributed by atoms with Gasteiger partial charge in [-0.25, -0.2) is 4.98 Å². The van der Waals surface area contributed by atoms with Gasteiger partial charge in [0, 0.05) is 16.5 Å². The average molecular weight is 362 g/mol. The number of phenolic OH excluding ortho intramolecular Hbond substituents is 1. The monoisotopic (exact) mass is 361 g/mol. The van der Waals surface area contributed by atoms with Crippen molar-refractivity contribution in [3.05, 3.63) is 52.3 Å². The van der Waals surface area contributed by atoms with Crippen LogP contribution in [0.1, 0.15) is 0 Å². The molecule has 0 spiro atoms. The summed E-state index contributed by atoms with van der Waals surface area (Å²) in [4.78, 5) is 4.65. The minimum atomic E-state index is 0.259. The number of hydrogen-bond donors (Lipinski definition) is 1. The Morgan fingerprint density at radius 3 is 2.48 bits per heavy atom. The molecule has 0 amide bonds. The molecule has 0 saturated heterocycles. The van der Waals surface area contributed by atoms with E-state index < -0.39 is 0 Å². The van der Waals surface area contributed by atoms with Crippen LogP contribution in [0.15, 0.2) is 52.3 Å². The molecule has 0 unspecified atom stereocenters. The molecular weight excluding hydrogens is 350 g/mol. The summed E-state index contributed by atoms with van der Waals surface area (Å²) in [7, 11) is 1.64. The average Bonchev–Trinajstić information content (AvgIpc) is 2.98. The maximum Gasteiger partial charge on any atom is 0.133 e. The molecule has 0 aliphatic heterocycles. The van der Waals surface area contributed by atoms with Crippen molar-refractivity contribution in [1.82, 2.24) is 4.98 Å². The minimum absolute atomic E-state index is 0.259. The fourth-order valence-corrected chi connectivity index (χ4v) is 3.34. The largest absolute Gasteiger partial charge is 0.508 e. The van der Waals surface area contributed by atoms with Crippen LogP contribution >= 0.6 is 27.3 Å². The van der Waals surface area contributed by atoms with Crippen molar-refractivity contribution in [1.29, 1.82) is 0 Å². The van der Waals surface area contributed by atoms with Crippen molar-refractivity contribution < 1.29 is 9.84 Å². The summed E-state index contributed by atoms with van der Waals surface area (Å²) in [6.07, 6.45) is 0. The molecule has 0 fully saturated rings. The molecule has 3 rings (SSSR count). The van der Waals surface area contributed by atoms with Gasteiger partial charge < -0.3 is 9.84 Å². The second-order valence-electron chi connectivity index (χ2n) is 4.43. The first-order valence-electron chi connectivity index (χ1n) is 6.26. The molecule has 3 nitrogen and oxygen atoms in total. The first kappa shape index (κ1) is 14.1. The van der Waals surface area contributed by atoms with Gasteiger partial charge >= 0.3 is 0 Å². The van der Waals surface area contributed by atoms with E-state index in [-0.39, 0.29) is 5.75 Å². The van der Waals surface area contributed by atoms with Crippen LogP contribution in [0.4, 0.5) is 0 Å². The van der Waals surface area contributed by atoms with Crippen LogP contribution in [0, 0.1) is 0 Å². The van der Waals surface area contributed by atoms with Gasteiger partial charge in [-0.05, 0) is 58.4 Å². The van der Waals surface area contributed by atoms with Gasteiger partial charge in [-0.3, -0.25) is 0 Å². The molecule has 0 saturated carbocycles. The molecule has 21 heavy (non-hydrogen) atoms. The zero-order chi connectivity index (χ0) is 14.8. The number of aromatic nitrogens is 1. The molecule has 0 bridgehead atoms. The number of hydrogen-bond acceptors (Lipinski definition) is 4. The third-order valence-electron chi connectivity index (χ3n) is 3.07. The molecule has 1 heterocycles. The Morgan fingerprint density at radius 1 is 1.10 bits per heavy atom. The number of aromatic hydroxyl groups is 1. The third-order valence-corrected chi connectivity index (χ3v) is 4.58. The Labute approximate surface area is 135 Å². The zero-order valence-corrected chi connectivity index (χ0v) is 13.6. The Kier molecular flexibility index (Phi) is 3.94. The van der Waals surface area contributed by atoms with E-state index in [4.69, 9.17) is 4.74 Å². The van der Waals surface area contributed by atoms with Gasteiger partial charge in [0.1, 0.15) is 16.5 Å². The van der Waals surface area contributed by atoms with E-state index in [1.165, 1.54) is 0 Å². The van der Waals surface area contributed by atoms with E-state index in [2.05, 4.69) is 20.9 Å². The highest BCUT2D eigenvalue weighted by atomic mass is 79.9. The van der Waals surface area contributed by atoms with Crippen molar-refractivity contribution in [2.75, 3.05) is 7.11 Å². The van der Waals surface area contributed by atoms with Crippen LogP contribution in [0.25, 0.3) is 21.8 Å². The van der Waals surface area contributed by atoms with Gasteiger partial charge in [0.2, 0.25) is 0 Å². The van der Waals surface area contributed by atoms with Crippen molar-refractivity contribution >= 4 is 27.3 Å². The highest BCUT2D eigenvalue weighted by Crippen LogP contribution is 2.33. The number of halogens is 1. The molecule has 0 radical (unpaired) electrons. The third kappa shape index (κ3) is 2.94. The summed E-state index contributed by atoms with van der Waals surface area (Å²) >= 11 is 5.07. The Morgan fingerprint density at radius 2 is 1.81 bits per heavy atom. The second-order valence-corrected chi connectivity index (χ2v) is 6.15. The highest BCUT2D eigenvalue weighted by Gasteiger charge is 2.09. The van der Waals surface area contributed by atoms with Gasteiger partial charge in [-0.15, -0.1) is 11.3 Å². The quantitative estimate of drug-likeness (QED) is 0.717. The summed E-state index contributed by atoms with van der Waals surface area (Å²) in [6, 6.07) is 13.0. The van der Waals surface area contributed by atoms with Crippen molar-refractivity contribution in [2.24, 2.45) is 0 Å². The molecule has 1 N–H and O–H groups in total. The predicted octanol–water partition coefficient (Wildman–Crippen LogP) is 4.95. The van der Waals surface area contributed by atoms with E-state index in [1.807, 2.05) is 35.7 Å². The molecule has 2 aromatic carbocycles. The first-order valence-corrected chi connectivity index (χ1v) is 7.93. The molecule has 106 valence electrons. The Balaban J connectivity index is 1.94. The second kappa shape index (κ2) is 5.87. The minimum Gasteiger partial charge on any atom is -0.508 e. The maximum atomic E-state index is 9.33. The van der Waals surface area contributed by atoms with Gasteiger partial charge in [0.15, 0.2) is 0 Å². The lowest BCUT2D eigenvalue weighted by molar-refractivity contribution is 0.412. The summed E-state index contributed by atoms with van der Waals surface area (Å²) in [6.45, 7) is 0. The van der Waals surface area contributed by atoms with E-state index in [0.717, 1.165) is 32.1 Å². The predicted molar refractivity (Wildman–Crippen MR) is 88.9 cm³/mol. The van der Waals surface area contributed by atoms with Crippen LogP contribution in [-0.2, 0) is 0 Å². The normalized spacial score (nSPS) is 10.6. The molecule has 0 atom stereocenters. The number of nitrogens with zero attached hydrogens (tertiary/aromatic N) is 1. The lowest BCUT2D eigenvalue weighted by Crippen LogP contribution is -1.85. The van der Waals surface area contributed by atoms with Crippen molar-refractivity contribution in [3.63, 3.8) is 0 Å². The fraction of sp³-hybridized carbons (Fsp3) is 0.0625. The lowest BCUT2D eigenvalue weighted by Gasteiger charge is -2.04. The number of thiazole rings is 1. The number of methoxy groups -OCH3 is 1. The van der Waals surface area contributed by atoms with E-state index >= 15 is 0 Å². The lowest BCUT2D eigenvalue weighted by atomic mass is 10.1.